The fourth-order valence-electron chi connectivity index (χ4n) is 3.50. The van der Waals surface area contributed by atoms with E-state index in [4.69, 9.17) is 9.59 Å². The summed E-state index contributed by atoms with van der Waals surface area (Å²) in [6.07, 6.45) is 7.86. The first-order valence-electron chi connectivity index (χ1n) is 7.10. The van der Waals surface area contributed by atoms with Gasteiger partial charge in [0.15, 0.2) is 0 Å². The lowest BCUT2D eigenvalue weighted by atomic mass is 9.80. The molecule has 0 heterocycles. The van der Waals surface area contributed by atoms with Gasteiger partial charge in [-0.3, -0.25) is 0 Å². The van der Waals surface area contributed by atoms with Crippen LogP contribution in [0.25, 0.3) is 0 Å². The zero-order valence-electron chi connectivity index (χ0n) is 12.0. The minimum absolute atomic E-state index is 0.250. The fraction of sp³-hybridized carbons (Fsp3) is 0.389. The molecule has 0 aliphatic heterocycles. The minimum Gasteiger partial charge on any atom is -0.186 e. The third-order valence-electron chi connectivity index (χ3n) is 4.23. The highest BCUT2D eigenvalue weighted by Crippen LogP contribution is 2.45. The van der Waals surface area contributed by atoms with Gasteiger partial charge in [-0.05, 0) is 42.7 Å². The third kappa shape index (κ3) is 3.15. The van der Waals surface area contributed by atoms with Gasteiger partial charge in [0.25, 0.3) is 0 Å². The Labute approximate surface area is 120 Å². The number of allylic oxidation sites excluding steroid dienone is 4. The molecular weight excluding hydrogens is 248 g/mol. The summed E-state index contributed by atoms with van der Waals surface area (Å²) < 4.78 is 0. The van der Waals surface area contributed by atoms with Gasteiger partial charge in [-0.1, -0.05) is 55.0 Å². The second-order valence-electron chi connectivity index (χ2n) is 5.72. The molecule has 20 heavy (non-hydrogen) atoms. The molecule has 3 atom stereocenters. The van der Waals surface area contributed by atoms with Crippen molar-refractivity contribution in [3.63, 3.8) is 0 Å². The van der Waals surface area contributed by atoms with E-state index in [9.17, 15) is 0 Å². The van der Waals surface area contributed by atoms with Gasteiger partial charge < -0.3 is 0 Å². The van der Waals surface area contributed by atoms with Gasteiger partial charge in [0.05, 0.1) is 0 Å². The fourth-order valence-corrected chi connectivity index (χ4v) is 3.50. The molecule has 2 heteroatoms. The van der Waals surface area contributed by atoms with Crippen LogP contribution in [0.4, 0.5) is 0 Å². The van der Waals surface area contributed by atoms with Crippen molar-refractivity contribution in [3.05, 3.63) is 59.2 Å². The van der Waals surface area contributed by atoms with Gasteiger partial charge in [0.1, 0.15) is 0 Å². The van der Waals surface area contributed by atoms with E-state index in [0.29, 0.717) is 5.92 Å². The summed E-state index contributed by atoms with van der Waals surface area (Å²) in [7, 11) is 0. The summed E-state index contributed by atoms with van der Waals surface area (Å²) in [4.78, 5) is 16.2. The first-order valence-corrected chi connectivity index (χ1v) is 7.10. The molecule has 0 saturated heterocycles. The van der Waals surface area contributed by atoms with E-state index in [1.54, 1.807) is 5.57 Å². The molecule has 2 nitrogen and oxygen atoms in total. The molecule has 2 aliphatic carbocycles. The van der Waals surface area contributed by atoms with Crippen molar-refractivity contribution >= 4 is 6.15 Å². The van der Waals surface area contributed by atoms with E-state index in [1.807, 2.05) is 0 Å². The van der Waals surface area contributed by atoms with E-state index in [-0.39, 0.29) is 6.15 Å². The van der Waals surface area contributed by atoms with Crippen molar-refractivity contribution in [1.29, 1.82) is 0 Å². The van der Waals surface area contributed by atoms with Crippen LogP contribution in [0.5, 0.6) is 0 Å². The molecule has 0 saturated carbocycles. The van der Waals surface area contributed by atoms with Gasteiger partial charge in [-0.25, -0.2) is 0 Å². The summed E-state index contributed by atoms with van der Waals surface area (Å²) in [5, 5.41) is 0. The first kappa shape index (κ1) is 14.5. The molecule has 2 aliphatic rings. The van der Waals surface area contributed by atoms with Crippen LogP contribution in [0.3, 0.4) is 0 Å². The molecule has 0 bridgehead atoms. The molecule has 3 rings (SSSR count). The Bertz CT molecular complexity index is 548. The number of benzene rings is 1. The van der Waals surface area contributed by atoms with Gasteiger partial charge in [0.2, 0.25) is 0 Å². The lowest BCUT2D eigenvalue weighted by molar-refractivity contribution is -0.191. The summed E-state index contributed by atoms with van der Waals surface area (Å²) >= 11 is 0. The van der Waals surface area contributed by atoms with Gasteiger partial charge in [-0.2, -0.15) is 9.59 Å². The standard InChI is InChI=1S/C17H20.CO2/c1-12-8-13(2)17-11-15(10-16(17)9-12)14-6-4-3-5-7-14;2-1-3/h3-8,11-12,15-16H,9-10H2,1-2H3;/t12-,15?,16-;/m0./s1. The van der Waals surface area contributed by atoms with E-state index in [2.05, 4.69) is 56.3 Å². The SMILES string of the molecule is CC1=C[C@H](C)C[C@H]2CC(c3ccccc3)C=C12.O=C=O. The summed E-state index contributed by atoms with van der Waals surface area (Å²) in [5.41, 5.74) is 4.62. The molecule has 104 valence electrons. The number of rotatable bonds is 1. The average Bonchev–Trinajstić information content (AvgIpc) is 2.85. The maximum absolute atomic E-state index is 8.12. The Morgan fingerprint density at radius 3 is 2.35 bits per heavy atom. The van der Waals surface area contributed by atoms with E-state index < -0.39 is 0 Å². The van der Waals surface area contributed by atoms with Crippen LogP contribution in [0, 0.1) is 11.8 Å². The Hall–Kier alpha value is -1.92. The van der Waals surface area contributed by atoms with E-state index in [1.165, 1.54) is 24.0 Å². The normalized spacial score (nSPS) is 27.4. The van der Waals surface area contributed by atoms with Crippen LogP contribution in [-0.4, -0.2) is 6.15 Å². The topological polar surface area (TPSA) is 34.1 Å². The minimum atomic E-state index is 0.250. The predicted octanol–water partition coefficient (Wildman–Crippen LogP) is 4.12. The molecule has 1 aromatic rings. The molecule has 1 unspecified atom stereocenters. The smallest absolute Gasteiger partial charge is 0.186 e. The monoisotopic (exact) mass is 268 g/mol. The molecule has 0 N–H and O–H groups in total. The van der Waals surface area contributed by atoms with Crippen LogP contribution in [0.2, 0.25) is 0 Å². The van der Waals surface area contributed by atoms with Crippen molar-refractivity contribution in [2.75, 3.05) is 0 Å². The average molecular weight is 268 g/mol. The molecule has 0 spiro atoms. The summed E-state index contributed by atoms with van der Waals surface area (Å²) in [6, 6.07) is 10.9. The van der Waals surface area contributed by atoms with Crippen LogP contribution in [0.15, 0.2) is 53.6 Å². The maximum atomic E-state index is 8.12. The Morgan fingerprint density at radius 2 is 1.70 bits per heavy atom. The third-order valence-corrected chi connectivity index (χ3v) is 4.23. The van der Waals surface area contributed by atoms with Crippen molar-refractivity contribution in [2.24, 2.45) is 11.8 Å². The zero-order valence-corrected chi connectivity index (χ0v) is 12.0. The summed E-state index contributed by atoms with van der Waals surface area (Å²) in [6.45, 7) is 4.62. The Kier molecular flexibility index (Phi) is 4.70. The van der Waals surface area contributed by atoms with Crippen molar-refractivity contribution < 1.29 is 9.59 Å². The second kappa shape index (κ2) is 6.49. The van der Waals surface area contributed by atoms with Crippen LogP contribution in [-0.2, 0) is 9.59 Å². The second-order valence-corrected chi connectivity index (χ2v) is 5.72. The number of hydrogen-bond acceptors (Lipinski definition) is 2. The van der Waals surface area contributed by atoms with Crippen LogP contribution < -0.4 is 0 Å². The number of carbonyl (C=O) groups excluding carboxylic acids is 2. The van der Waals surface area contributed by atoms with E-state index >= 15 is 0 Å². The highest BCUT2D eigenvalue weighted by molar-refractivity contribution is 5.42. The van der Waals surface area contributed by atoms with Gasteiger partial charge >= 0.3 is 6.15 Å². The highest BCUT2D eigenvalue weighted by atomic mass is 16.2. The number of fused-ring (bicyclic) bond motifs is 1. The molecule has 0 aromatic heterocycles. The lowest BCUT2D eigenvalue weighted by Crippen LogP contribution is -2.11. The van der Waals surface area contributed by atoms with Crippen molar-refractivity contribution in [2.45, 2.75) is 32.6 Å². The zero-order chi connectivity index (χ0) is 14.5. The van der Waals surface area contributed by atoms with Crippen LogP contribution >= 0.6 is 0 Å². The molecule has 0 fully saturated rings. The maximum Gasteiger partial charge on any atom is 0.373 e. The summed E-state index contributed by atoms with van der Waals surface area (Å²) in [5.74, 6) is 2.21. The number of hydrogen-bond donors (Lipinski definition) is 0. The van der Waals surface area contributed by atoms with Crippen molar-refractivity contribution in [1.82, 2.24) is 0 Å². The quantitative estimate of drug-likeness (QED) is 0.767. The Morgan fingerprint density at radius 1 is 1.05 bits per heavy atom. The van der Waals surface area contributed by atoms with Gasteiger partial charge in [0, 0.05) is 5.92 Å². The highest BCUT2D eigenvalue weighted by Gasteiger charge is 2.31. The lowest BCUT2D eigenvalue weighted by Gasteiger charge is -2.24. The largest absolute Gasteiger partial charge is 0.373 e. The molecule has 0 radical (unpaired) electrons. The first-order chi connectivity index (χ1) is 9.65. The van der Waals surface area contributed by atoms with Gasteiger partial charge in [-0.15, -0.1) is 0 Å². The van der Waals surface area contributed by atoms with Crippen LogP contribution in [0.1, 0.15) is 38.2 Å². The van der Waals surface area contributed by atoms with Crippen molar-refractivity contribution in [3.8, 4) is 0 Å². The Balaban J connectivity index is 0.000000452. The molecular formula is C18H20O2. The predicted molar refractivity (Wildman–Crippen MR) is 77.9 cm³/mol. The molecule has 1 aromatic carbocycles. The molecule has 0 amide bonds. The van der Waals surface area contributed by atoms with E-state index in [0.717, 1.165) is 11.8 Å².